The molecule has 0 unspecified atom stereocenters. The van der Waals surface area contributed by atoms with Crippen molar-refractivity contribution in [2.24, 2.45) is 0 Å². The van der Waals surface area contributed by atoms with Crippen LogP contribution in [-0.2, 0) is 0 Å². The minimum atomic E-state index is 0.207. The zero-order chi connectivity index (χ0) is 16.2. The molecule has 0 aliphatic carbocycles. The molecule has 1 aromatic carbocycles. The van der Waals surface area contributed by atoms with Gasteiger partial charge in [-0.1, -0.05) is 24.3 Å². The molecule has 3 aromatic rings. The van der Waals surface area contributed by atoms with Gasteiger partial charge in [0.05, 0.1) is 11.3 Å². The first-order valence-corrected chi connectivity index (χ1v) is 7.62. The van der Waals surface area contributed by atoms with Gasteiger partial charge in [-0.3, -0.25) is 0 Å². The van der Waals surface area contributed by atoms with Gasteiger partial charge < -0.3 is 5.73 Å². The predicted octanol–water partition coefficient (Wildman–Crippen LogP) is 3.45. The molecule has 0 amide bonds. The van der Waals surface area contributed by atoms with Gasteiger partial charge in [0, 0.05) is 4.88 Å². The largest absolute Gasteiger partial charge is 0.382 e. The second-order valence-electron chi connectivity index (χ2n) is 4.65. The molecule has 23 heavy (non-hydrogen) atoms. The Morgan fingerprint density at radius 1 is 1.17 bits per heavy atom. The third-order valence-electron chi connectivity index (χ3n) is 3.24. The molecule has 0 atom stereocenters. The highest BCUT2D eigenvalue weighted by atomic mass is 32.1. The van der Waals surface area contributed by atoms with Gasteiger partial charge >= 0.3 is 0 Å². The van der Waals surface area contributed by atoms with Crippen molar-refractivity contribution in [3.05, 3.63) is 64.0 Å². The maximum Gasteiger partial charge on any atom is 0.145 e. The first-order valence-electron chi connectivity index (χ1n) is 6.74. The van der Waals surface area contributed by atoms with Crippen molar-refractivity contribution in [3.8, 4) is 17.8 Å². The standard InChI is InChI=1S/C17H11N5S/c18-10-12(9-14-7-4-8-23-14)16-15(11-19)17(20)22(21-16)13-5-2-1-3-6-13/h1-9H,20H2. The first kappa shape index (κ1) is 14.6. The Hall–Kier alpha value is -3.35. The van der Waals surface area contributed by atoms with Crippen LogP contribution in [0.3, 0.4) is 0 Å². The van der Waals surface area contributed by atoms with Crippen molar-refractivity contribution < 1.29 is 0 Å². The van der Waals surface area contributed by atoms with Crippen LogP contribution in [0.15, 0.2) is 47.8 Å². The number of anilines is 1. The van der Waals surface area contributed by atoms with Gasteiger partial charge in [0.25, 0.3) is 0 Å². The molecule has 5 nitrogen and oxygen atoms in total. The molecule has 0 aliphatic heterocycles. The average Bonchev–Trinajstić information content (AvgIpc) is 3.21. The van der Waals surface area contributed by atoms with Gasteiger partial charge in [0.15, 0.2) is 0 Å². The van der Waals surface area contributed by atoms with Crippen LogP contribution in [0.1, 0.15) is 16.1 Å². The minimum Gasteiger partial charge on any atom is -0.382 e. The van der Waals surface area contributed by atoms with E-state index in [4.69, 9.17) is 5.73 Å². The van der Waals surface area contributed by atoms with Gasteiger partial charge in [0.2, 0.25) is 0 Å². The smallest absolute Gasteiger partial charge is 0.145 e. The summed E-state index contributed by atoms with van der Waals surface area (Å²) in [5, 5.41) is 25.2. The third kappa shape index (κ3) is 2.71. The highest BCUT2D eigenvalue weighted by Gasteiger charge is 2.19. The lowest BCUT2D eigenvalue weighted by molar-refractivity contribution is 0.885. The molecule has 0 bridgehead atoms. The quantitative estimate of drug-likeness (QED) is 0.749. The van der Waals surface area contributed by atoms with E-state index in [1.807, 2.05) is 47.8 Å². The molecule has 0 fully saturated rings. The van der Waals surface area contributed by atoms with Crippen LogP contribution in [0.5, 0.6) is 0 Å². The van der Waals surface area contributed by atoms with E-state index in [1.165, 1.54) is 16.0 Å². The Labute approximate surface area is 137 Å². The van der Waals surface area contributed by atoms with E-state index in [-0.39, 0.29) is 11.4 Å². The topological polar surface area (TPSA) is 91.4 Å². The van der Waals surface area contributed by atoms with E-state index in [1.54, 1.807) is 6.08 Å². The molecular weight excluding hydrogens is 306 g/mol. The molecule has 6 heteroatoms. The summed E-state index contributed by atoms with van der Waals surface area (Å²) in [6, 6.07) is 17.2. The summed E-state index contributed by atoms with van der Waals surface area (Å²) < 4.78 is 1.48. The molecule has 2 N–H and O–H groups in total. The number of benzene rings is 1. The fourth-order valence-electron chi connectivity index (χ4n) is 2.17. The summed E-state index contributed by atoms with van der Waals surface area (Å²) in [5.74, 6) is 0.223. The summed E-state index contributed by atoms with van der Waals surface area (Å²) in [6.45, 7) is 0. The van der Waals surface area contributed by atoms with Gasteiger partial charge in [-0.15, -0.1) is 11.3 Å². The number of hydrogen-bond acceptors (Lipinski definition) is 5. The van der Waals surface area contributed by atoms with Gasteiger partial charge in [-0.2, -0.15) is 15.6 Å². The highest BCUT2D eigenvalue weighted by Crippen LogP contribution is 2.27. The maximum absolute atomic E-state index is 9.46. The first-order chi connectivity index (χ1) is 11.2. The van der Waals surface area contributed by atoms with Gasteiger partial charge in [0.1, 0.15) is 29.2 Å². The number of para-hydroxylation sites is 1. The van der Waals surface area contributed by atoms with Crippen molar-refractivity contribution in [1.82, 2.24) is 9.78 Å². The normalized spacial score (nSPS) is 11.0. The molecule has 3 rings (SSSR count). The SMILES string of the molecule is N#CC(=Cc1cccs1)c1nn(-c2ccccc2)c(N)c1C#N. The molecule has 0 aliphatic rings. The van der Waals surface area contributed by atoms with Crippen molar-refractivity contribution in [2.45, 2.75) is 0 Å². The van der Waals surface area contributed by atoms with Crippen molar-refractivity contribution in [1.29, 1.82) is 10.5 Å². The van der Waals surface area contributed by atoms with Crippen molar-refractivity contribution in [3.63, 3.8) is 0 Å². The number of rotatable bonds is 3. The number of aromatic nitrogens is 2. The molecule has 0 saturated heterocycles. The van der Waals surface area contributed by atoms with Crippen LogP contribution in [0.4, 0.5) is 5.82 Å². The Kier molecular flexibility index (Phi) is 3.92. The lowest BCUT2D eigenvalue weighted by Crippen LogP contribution is -2.02. The maximum atomic E-state index is 9.46. The molecule has 0 spiro atoms. The molecule has 2 aromatic heterocycles. The fraction of sp³-hybridized carbons (Fsp3) is 0. The van der Waals surface area contributed by atoms with Crippen LogP contribution in [-0.4, -0.2) is 9.78 Å². The molecule has 110 valence electrons. The van der Waals surface area contributed by atoms with Crippen LogP contribution in [0.25, 0.3) is 17.3 Å². The number of nitrogens with two attached hydrogens (primary N) is 1. The van der Waals surface area contributed by atoms with Crippen LogP contribution in [0.2, 0.25) is 0 Å². The number of hydrogen-bond donors (Lipinski definition) is 1. The molecular formula is C17H11N5S. The lowest BCUT2D eigenvalue weighted by atomic mass is 10.1. The average molecular weight is 317 g/mol. The van der Waals surface area contributed by atoms with E-state index in [2.05, 4.69) is 17.2 Å². The summed E-state index contributed by atoms with van der Waals surface area (Å²) in [7, 11) is 0. The second-order valence-corrected chi connectivity index (χ2v) is 5.63. The zero-order valence-corrected chi connectivity index (χ0v) is 12.8. The van der Waals surface area contributed by atoms with E-state index in [0.717, 1.165) is 10.6 Å². The lowest BCUT2D eigenvalue weighted by Gasteiger charge is -2.02. The summed E-state index contributed by atoms with van der Waals surface area (Å²) in [5.41, 5.74) is 7.61. The second kappa shape index (κ2) is 6.18. The van der Waals surface area contributed by atoms with Crippen molar-refractivity contribution >= 4 is 28.8 Å². The number of nitrogen functional groups attached to an aromatic ring is 1. The predicted molar refractivity (Wildman–Crippen MR) is 90.5 cm³/mol. The number of thiophene rings is 1. The van der Waals surface area contributed by atoms with Gasteiger partial charge in [-0.05, 0) is 29.7 Å². The third-order valence-corrected chi connectivity index (χ3v) is 4.06. The van der Waals surface area contributed by atoms with Crippen LogP contribution in [0, 0.1) is 22.7 Å². The summed E-state index contributed by atoms with van der Waals surface area (Å²) in [6.07, 6.45) is 1.71. The summed E-state index contributed by atoms with van der Waals surface area (Å²) >= 11 is 1.51. The number of allylic oxidation sites excluding steroid dienone is 1. The van der Waals surface area contributed by atoms with Gasteiger partial charge in [-0.25, -0.2) is 4.68 Å². The Bertz CT molecular complexity index is 938. The van der Waals surface area contributed by atoms with E-state index in [9.17, 15) is 10.5 Å². The zero-order valence-electron chi connectivity index (χ0n) is 12.0. The van der Waals surface area contributed by atoms with E-state index < -0.39 is 0 Å². The minimum absolute atomic E-state index is 0.207. The van der Waals surface area contributed by atoms with Crippen LogP contribution < -0.4 is 5.73 Å². The Morgan fingerprint density at radius 3 is 2.57 bits per heavy atom. The Morgan fingerprint density at radius 2 is 1.96 bits per heavy atom. The fourth-order valence-corrected chi connectivity index (χ4v) is 2.82. The van der Waals surface area contributed by atoms with Crippen LogP contribution >= 0.6 is 11.3 Å². The van der Waals surface area contributed by atoms with E-state index >= 15 is 0 Å². The number of nitriles is 2. The van der Waals surface area contributed by atoms with E-state index in [0.29, 0.717) is 11.3 Å². The summed E-state index contributed by atoms with van der Waals surface area (Å²) in [4.78, 5) is 0.915. The highest BCUT2D eigenvalue weighted by molar-refractivity contribution is 7.10. The molecule has 2 heterocycles. The monoisotopic (exact) mass is 317 g/mol. The number of nitrogens with zero attached hydrogens (tertiary/aromatic N) is 4. The Balaban J connectivity index is 2.17. The molecule has 0 saturated carbocycles. The van der Waals surface area contributed by atoms with Crippen molar-refractivity contribution in [2.75, 3.05) is 5.73 Å². The molecule has 0 radical (unpaired) electrons.